The zero-order valence-electron chi connectivity index (χ0n) is 13.9. The minimum atomic E-state index is -0.697. The molecule has 2 aliphatic rings. The van der Waals surface area contributed by atoms with Crippen LogP contribution in [0, 0.1) is 5.92 Å². The van der Waals surface area contributed by atoms with Crippen LogP contribution in [0.1, 0.15) is 26.2 Å². The Morgan fingerprint density at radius 1 is 1.32 bits per heavy atom. The van der Waals surface area contributed by atoms with Crippen molar-refractivity contribution in [2.45, 2.75) is 32.2 Å². The van der Waals surface area contributed by atoms with Crippen LogP contribution in [0.25, 0.3) is 0 Å². The van der Waals surface area contributed by atoms with E-state index in [1.54, 1.807) is 18.2 Å². The average molecular weight is 383 g/mol. The predicted molar refractivity (Wildman–Crippen MR) is 99.0 cm³/mol. The van der Waals surface area contributed by atoms with Gasteiger partial charge in [0.05, 0.1) is 16.5 Å². The molecule has 0 spiro atoms. The van der Waals surface area contributed by atoms with Gasteiger partial charge in [-0.2, -0.15) is 0 Å². The lowest BCUT2D eigenvalue weighted by molar-refractivity contribution is -0.124. The number of halogens is 2. The Bertz CT molecular complexity index is 715. The van der Waals surface area contributed by atoms with Crippen LogP contribution in [0.15, 0.2) is 23.2 Å². The Morgan fingerprint density at radius 3 is 2.72 bits per heavy atom. The van der Waals surface area contributed by atoms with Gasteiger partial charge in [-0.05, 0) is 37.0 Å². The first-order chi connectivity index (χ1) is 11.9. The number of anilines is 1. The minimum Gasteiger partial charge on any atom is -0.343 e. The van der Waals surface area contributed by atoms with Gasteiger partial charge in [0.2, 0.25) is 11.9 Å². The Kier molecular flexibility index (Phi) is 5.49. The van der Waals surface area contributed by atoms with Crippen LogP contribution in [0.5, 0.6) is 0 Å². The van der Waals surface area contributed by atoms with Gasteiger partial charge in [-0.1, -0.05) is 30.1 Å². The number of amides is 2. The normalized spacial score (nSPS) is 21.1. The van der Waals surface area contributed by atoms with Gasteiger partial charge in [-0.15, -0.1) is 0 Å². The lowest BCUT2D eigenvalue weighted by atomic mass is 10.00. The van der Waals surface area contributed by atoms with Crippen LogP contribution in [0.3, 0.4) is 0 Å². The number of aliphatic imine (C=N–C) groups is 1. The van der Waals surface area contributed by atoms with E-state index in [-0.39, 0.29) is 18.2 Å². The summed E-state index contributed by atoms with van der Waals surface area (Å²) in [6.07, 6.45) is 2.15. The third-order valence-corrected chi connectivity index (χ3v) is 5.22. The molecule has 1 fully saturated rings. The summed E-state index contributed by atoms with van der Waals surface area (Å²) in [6, 6.07) is 4.14. The van der Waals surface area contributed by atoms with Crippen LogP contribution >= 0.6 is 23.2 Å². The number of nitrogens with zero attached hydrogens (tertiary/aromatic N) is 2. The molecule has 1 aromatic rings. The molecular formula is C17H20Cl2N4O2. The number of benzene rings is 1. The average Bonchev–Trinajstić information content (AvgIpc) is 2.92. The number of piperidine rings is 1. The maximum absolute atomic E-state index is 12.2. The highest BCUT2D eigenvalue weighted by molar-refractivity contribution is 6.42. The van der Waals surface area contributed by atoms with E-state index in [0.29, 0.717) is 27.6 Å². The molecule has 0 saturated carbocycles. The van der Waals surface area contributed by atoms with E-state index in [9.17, 15) is 9.59 Å². The smallest absolute Gasteiger partial charge is 0.252 e. The maximum atomic E-state index is 12.2. The Balaban J connectivity index is 1.58. The molecular weight excluding hydrogens is 363 g/mol. The fraction of sp³-hybridized carbons (Fsp3) is 0.471. The molecule has 0 aliphatic carbocycles. The van der Waals surface area contributed by atoms with Crippen molar-refractivity contribution in [3.63, 3.8) is 0 Å². The molecule has 1 aromatic carbocycles. The first-order valence-corrected chi connectivity index (χ1v) is 9.06. The minimum absolute atomic E-state index is 0.0141. The number of nitrogens with one attached hydrogen (secondary N) is 2. The largest absolute Gasteiger partial charge is 0.343 e. The zero-order valence-corrected chi connectivity index (χ0v) is 15.4. The van der Waals surface area contributed by atoms with Crippen molar-refractivity contribution in [1.82, 2.24) is 10.2 Å². The van der Waals surface area contributed by atoms with E-state index in [1.807, 2.05) is 0 Å². The first-order valence-electron chi connectivity index (χ1n) is 8.31. The second-order valence-electron chi connectivity index (χ2n) is 6.51. The fourth-order valence-electron chi connectivity index (χ4n) is 2.91. The van der Waals surface area contributed by atoms with E-state index in [4.69, 9.17) is 23.2 Å². The third-order valence-electron chi connectivity index (χ3n) is 4.48. The summed E-state index contributed by atoms with van der Waals surface area (Å²) in [5.74, 6) is 0.750. The van der Waals surface area contributed by atoms with Crippen molar-refractivity contribution < 1.29 is 9.59 Å². The monoisotopic (exact) mass is 382 g/mol. The third kappa shape index (κ3) is 4.44. The van der Waals surface area contributed by atoms with Gasteiger partial charge in [0, 0.05) is 18.8 Å². The number of carbonyl (C=O) groups excluding carboxylic acids is 2. The number of likely N-dealkylation sites (tertiary alicyclic amines) is 1. The first kappa shape index (κ1) is 18.0. The summed E-state index contributed by atoms with van der Waals surface area (Å²) in [7, 11) is 0. The van der Waals surface area contributed by atoms with Crippen LogP contribution in [0.2, 0.25) is 10.0 Å². The number of guanidine groups is 1. The van der Waals surface area contributed by atoms with E-state index in [2.05, 4.69) is 27.4 Å². The molecule has 1 saturated heterocycles. The summed E-state index contributed by atoms with van der Waals surface area (Å²) in [4.78, 5) is 30.8. The van der Waals surface area contributed by atoms with Gasteiger partial charge in [-0.3, -0.25) is 14.9 Å². The SMILES string of the molecule is CC1CCN(C2=NC(CC(=O)Nc3ccc(Cl)c(Cl)c3)C(=O)N2)CC1. The second-order valence-corrected chi connectivity index (χ2v) is 7.32. The second kappa shape index (κ2) is 7.62. The summed E-state index contributed by atoms with van der Waals surface area (Å²) >= 11 is 11.8. The molecule has 1 unspecified atom stereocenters. The van der Waals surface area contributed by atoms with Gasteiger partial charge < -0.3 is 10.2 Å². The summed E-state index contributed by atoms with van der Waals surface area (Å²) in [6.45, 7) is 3.98. The van der Waals surface area contributed by atoms with Gasteiger partial charge in [0.15, 0.2) is 0 Å². The van der Waals surface area contributed by atoms with Gasteiger partial charge in [0.1, 0.15) is 6.04 Å². The Morgan fingerprint density at radius 2 is 2.04 bits per heavy atom. The van der Waals surface area contributed by atoms with E-state index in [1.165, 1.54) is 0 Å². The van der Waals surface area contributed by atoms with Crippen molar-refractivity contribution >= 4 is 46.7 Å². The molecule has 2 amide bonds. The number of hydrogen-bond donors (Lipinski definition) is 2. The van der Waals surface area contributed by atoms with Crippen molar-refractivity contribution in [1.29, 1.82) is 0 Å². The molecule has 8 heteroatoms. The molecule has 3 rings (SSSR count). The highest BCUT2D eigenvalue weighted by Crippen LogP contribution is 2.25. The molecule has 6 nitrogen and oxygen atoms in total. The van der Waals surface area contributed by atoms with Crippen molar-refractivity contribution in [3.8, 4) is 0 Å². The number of carbonyl (C=O) groups is 2. The van der Waals surface area contributed by atoms with Crippen LogP contribution in [0.4, 0.5) is 5.69 Å². The molecule has 0 radical (unpaired) electrons. The Labute approximate surface area is 156 Å². The van der Waals surface area contributed by atoms with Crippen LogP contribution in [-0.2, 0) is 9.59 Å². The molecule has 2 aliphatic heterocycles. The molecule has 134 valence electrons. The lowest BCUT2D eigenvalue weighted by Gasteiger charge is -2.31. The number of rotatable bonds is 3. The maximum Gasteiger partial charge on any atom is 0.252 e. The molecule has 2 N–H and O–H groups in total. The lowest BCUT2D eigenvalue weighted by Crippen LogP contribution is -2.44. The van der Waals surface area contributed by atoms with Crippen molar-refractivity contribution in [3.05, 3.63) is 28.2 Å². The molecule has 0 aromatic heterocycles. The summed E-state index contributed by atoms with van der Waals surface area (Å²) in [5, 5.41) is 6.28. The quantitative estimate of drug-likeness (QED) is 0.843. The van der Waals surface area contributed by atoms with Gasteiger partial charge >= 0.3 is 0 Å². The van der Waals surface area contributed by atoms with Gasteiger partial charge in [0.25, 0.3) is 5.91 Å². The molecule has 25 heavy (non-hydrogen) atoms. The highest BCUT2D eigenvalue weighted by Gasteiger charge is 2.32. The Hall–Kier alpha value is -1.79. The zero-order chi connectivity index (χ0) is 18.0. The summed E-state index contributed by atoms with van der Waals surface area (Å²) in [5.41, 5.74) is 0.534. The highest BCUT2D eigenvalue weighted by atomic mass is 35.5. The molecule has 1 atom stereocenters. The van der Waals surface area contributed by atoms with Crippen LogP contribution in [-0.4, -0.2) is 41.8 Å². The molecule has 2 heterocycles. The van der Waals surface area contributed by atoms with E-state index in [0.717, 1.165) is 25.9 Å². The van der Waals surface area contributed by atoms with Crippen molar-refractivity contribution in [2.24, 2.45) is 10.9 Å². The molecule has 0 bridgehead atoms. The van der Waals surface area contributed by atoms with E-state index >= 15 is 0 Å². The van der Waals surface area contributed by atoms with E-state index < -0.39 is 6.04 Å². The standard InChI is InChI=1S/C17H20Cl2N4O2/c1-10-4-6-23(7-5-10)17-21-14(16(25)22-17)9-15(24)20-11-2-3-12(18)13(19)8-11/h2-3,8,10,14H,4-7,9H2,1H3,(H,20,24)(H,21,22,25). The topological polar surface area (TPSA) is 73.8 Å². The fourth-order valence-corrected chi connectivity index (χ4v) is 3.21. The van der Waals surface area contributed by atoms with Crippen molar-refractivity contribution in [2.75, 3.05) is 18.4 Å². The summed E-state index contributed by atoms with van der Waals surface area (Å²) < 4.78 is 0. The predicted octanol–water partition coefficient (Wildman–Crippen LogP) is 2.91. The van der Waals surface area contributed by atoms with Gasteiger partial charge in [-0.25, -0.2) is 4.99 Å². The van der Waals surface area contributed by atoms with Crippen LogP contribution < -0.4 is 10.6 Å². The number of hydrogen-bond acceptors (Lipinski definition) is 4.